The lowest BCUT2D eigenvalue weighted by molar-refractivity contribution is -0.141. The third-order valence-electron chi connectivity index (χ3n) is 4.08. The van der Waals surface area contributed by atoms with Gasteiger partial charge in [-0.25, -0.2) is 0 Å². The van der Waals surface area contributed by atoms with E-state index in [0.717, 1.165) is 6.42 Å². The van der Waals surface area contributed by atoms with Crippen LogP contribution in [0.25, 0.3) is 0 Å². The fourth-order valence-electron chi connectivity index (χ4n) is 2.83. The second-order valence-electron chi connectivity index (χ2n) is 5.51. The molecule has 1 aromatic rings. The van der Waals surface area contributed by atoms with Gasteiger partial charge < -0.3 is 10.0 Å². The standard InChI is InChI=1S/C14H17NO3S/c1-8-2-3-12(19-8)10-6-11(10)13(16)15-5-4-9(7-15)14(17)18/h2-3,9-11H,4-7H2,1H3,(H,17,18). The minimum absolute atomic E-state index is 0.0885. The number of thiophene rings is 1. The van der Waals surface area contributed by atoms with Crippen LogP contribution >= 0.6 is 11.3 Å². The van der Waals surface area contributed by atoms with Gasteiger partial charge in [-0.3, -0.25) is 9.59 Å². The van der Waals surface area contributed by atoms with Crippen LogP contribution in [0.3, 0.4) is 0 Å². The SMILES string of the molecule is Cc1ccc(C2CC2C(=O)N2CCC(C(=O)O)C2)s1. The summed E-state index contributed by atoms with van der Waals surface area (Å²) in [5, 5.41) is 8.96. The van der Waals surface area contributed by atoms with Gasteiger partial charge in [-0.15, -0.1) is 11.3 Å². The summed E-state index contributed by atoms with van der Waals surface area (Å²) in [6.45, 7) is 3.06. The van der Waals surface area contributed by atoms with E-state index in [-0.39, 0.29) is 17.7 Å². The zero-order valence-corrected chi connectivity index (χ0v) is 11.7. The van der Waals surface area contributed by atoms with Crippen molar-refractivity contribution >= 4 is 23.2 Å². The minimum Gasteiger partial charge on any atom is -0.481 e. The zero-order chi connectivity index (χ0) is 13.6. The van der Waals surface area contributed by atoms with Crippen LogP contribution in [0.1, 0.15) is 28.5 Å². The molecule has 2 fully saturated rings. The maximum absolute atomic E-state index is 12.3. The van der Waals surface area contributed by atoms with Crippen molar-refractivity contribution in [2.45, 2.75) is 25.7 Å². The first-order valence-electron chi connectivity index (χ1n) is 6.64. The van der Waals surface area contributed by atoms with Crippen molar-refractivity contribution < 1.29 is 14.7 Å². The highest BCUT2D eigenvalue weighted by molar-refractivity contribution is 7.12. The molecular formula is C14H17NO3S. The zero-order valence-electron chi connectivity index (χ0n) is 10.8. The Balaban J connectivity index is 1.60. The number of aliphatic carboxylic acids is 1. The predicted molar refractivity (Wildman–Crippen MR) is 72.2 cm³/mol. The maximum Gasteiger partial charge on any atom is 0.308 e. The highest BCUT2D eigenvalue weighted by atomic mass is 32.1. The summed E-state index contributed by atoms with van der Waals surface area (Å²) in [5.74, 6) is -0.540. The molecule has 4 nitrogen and oxygen atoms in total. The van der Waals surface area contributed by atoms with Gasteiger partial charge in [-0.2, -0.15) is 0 Å². The fraction of sp³-hybridized carbons (Fsp3) is 0.571. The molecule has 0 spiro atoms. The Morgan fingerprint density at radius 3 is 2.79 bits per heavy atom. The third kappa shape index (κ3) is 2.39. The number of hydrogen-bond donors (Lipinski definition) is 1. The predicted octanol–water partition coefficient (Wildman–Crippen LogP) is 2.09. The molecule has 1 aromatic heterocycles. The molecule has 0 aromatic carbocycles. The van der Waals surface area contributed by atoms with Crippen molar-refractivity contribution in [2.75, 3.05) is 13.1 Å². The Bertz CT molecular complexity index is 525. The molecule has 0 radical (unpaired) electrons. The van der Waals surface area contributed by atoms with E-state index < -0.39 is 5.97 Å². The molecule has 1 saturated carbocycles. The molecule has 1 aliphatic heterocycles. The lowest BCUT2D eigenvalue weighted by Gasteiger charge is -2.15. The Labute approximate surface area is 116 Å². The first-order valence-corrected chi connectivity index (χ1v) is 7.46. The fourth-order valence-corrected chi connectivity index (χ4v) is 3.89. The largest absolute Gasteiger partial charge is 0.481 e. The average Bonchev–Trinajstić information content (AvgIpc) is 2.82. The van der Waals surface area contributed by atoms with Crippen molar-refractivity contribution in [2.24, 2.45) is 11.8 Å². The summed E-state index contributed by atoms with van der Waals surface area (Å²) in [7, 11) is 0. The van der Waals surface area contributed by atoms with Gasteiger partial charge in [0.25, 0.3) is 0 Å². The number of amides is 1. The van der Waals surface area contributed by atoms with Gasteiger partial charge in [0.15, 0.2) is 0 Å². The maximum atomic E-state index is 12.3. The van der Waals surface area contributed by atoms with Gasteiger partial charge in [-0.1, -0.05) is 0 Å². The Morgan fingerprint density at radius 2 is 2.21 bits per heavy atom. The number of carbonyl (C=O) groups excluding carboxylic acids is 1. The first kappa shape index (κ1) is 12.7. The van der Waals surface area contributed by atoms with E-state index in [1.54, 1.807) is 16.2 Å². The smallest absolute Gasteiger partial charge is 0.308 e. The Morgan fingerprint density at radius 1 is 1.42 bits per heavy atom. The van der Waals surface area contributed by atoms with Crippen LogP contribution in [0.4, 0.5) is 0 Å². The van der Waals surface area contributed by atoms with Crippen LogP contribution in [0, 0.1) is 18.8 Å². The second-order valence-corrected chi connectivity index (χ2v) is 6.82. The van der Waals surface area contributed by atoms with E-state index in [1.165, 1.54) is 9.75 Å². The van der Waals surface area contributed by atoms with Crippen LogP contribution in [0.2, 0.25) is 0 Å². The minimum atomic E-state index is -0.781. The number of carbonyl (C=O) groups is 2. The number of likely N-dealkylation sites (tertiary alicyclic amines) is 1. The number of hydrogen-bond acceptors (Lipinski definition) is 3. The van der Waals surface area contributed by atoms with Gasteiger partial charge in [0, 0.05) is 34.7 Å². The van der Waals surface area contributed by atoms with Crippen LogP contribution in [-0.2, 0) is 9.59 Å². The Kier molecular flexibility index (Phi) is 3.09. The van der Waals surface area contributed by atoms with E-state index in [0.29, 0.717) is 25.4 Å². The molecule has 1 N–H and O–H groups in total. The molecule has 3 rings (SSSR count). The highest BCUT2D eigenvalue weighted by Gasteiger charge is 2.47. The quantitative estimate of drug-likeness (QED) is 0.921. The van der Waals surface area contributed by atoms with Crippen molar-refractivity contribution in [3.05, 3.63) is 21.9 Å². The normalized spacial score (nSPS) is 29.5. The van der Waals surface area contributed by atoms with Crippen LogP contribution < -0.4 is 0 Å². The molecule has 19 heavy (non-hydrogen) atoms. The summed E-state index contributed by atoms with van der Waals surface area (Å²) in [5.41, 5.74) is 0. The average molecular weight is 279 g/mol. The van der Waals surface area contributed by atoms with Crippen LogP contribution in [0.15, 0.2) is 12.1 Å². The molecule has 2 aliphatic rings. The molecule has 1 amide bonds. The molecule has 3 unspecified atom stereocenters. The molecule has 0 bridgehead atoms. The molecule has 1 saturated heterocycles. The van der Waals surface area contributed by atoms with Gasteiger partial charge >= 0.3 is 5.97 Å². The number of carboxylic acid groups (broad SMARTS) is 1. The summed E-state index contributed by atoms with van der Waals surface area (Å²) < 4.78 is 0. The summed E-state index contributed by atoms with van der Waals surface area (Å²) >= 11 is 1.76. The van der Waals surface area contributed by atoms with E-state index in [1.807, 2.05) is 0 Å². The number of rotatable bonds is 3. The van der Waals surface area contributed by atoms with E-state index in [9.17, 15) is 9.59 Å². The molecular weight excluding hydrogens is 262 g/mol. The van der Waals surface area contributed by atoms with Gasteiger partial charge in [0.05, 0.1) is 5.92 Å². The number of aryl methyl sites for hydroxylation is 1. The van der Waals surface area contributed by atoms with Crippen LogP contribution in [0.5, 0.6) is 0 Å². The number of carboxylic acids is 1. The van der Waals surface area contributed by atoms with E-state index >= 15 is 0 Å². The van der Waals surface area contributed by atoms with Gasteiger partial charge in [0.2, 0.25) is 5.91 Å². The number of nitrogens with zero attached hydrogens (tertiary/aromatic N) is 1. The van der Waals surface area contributed by atoms with Gasteiger partial charge in [-0.05, 0) is 31.9 Å². The van der Waals surface area contributed by atoms with Crippen molar-refractivity contribution in [3.8, 4) is 0 Å². The van der Waals surface area contributed by atoms with Gasteiger partial charge in [0.1, 0.15) is 0 Å². The lowest BCUT2D eigenvalue weighted by Crippen LogP contribution is -2.31. The molecule has 2 heterocycles. The molecule has 102 valence electrons. The third-order valence-corrected chi connectivity index (χ3v) is 5.22. The van der Waals surface area contributed by atoms with Crippen molar-refractivity contribution in [1.82, 2.24) is 4.90 Å². The molecule has 1 aliphatic carbocycles. The first-order chi connectivity index (χ1) is 9.06. The lowest BCUT2D eigenvalue weighted by atomic mass is 10.1. The van der Waals surface area contributed by atoms with E-state index in [2.05, 4.69) is 19.1 Å². The summed E-state index contributed by atoms with van der Waals surface area (Å²) in [6, 6.07) is 4.21. The molecule has 3 atom stereocenters. The molecule has 5 heteroatoms. The van der Waals surface area contributed by atoms with Crippen molar-refractivity contribution in [1.29, 1.82) is 0 Å². The summed E-state index contributed by atoms with van der Waals surface area (Å²) in [4.78, 5) is 27.5. The van der Waals surface area contributed by atoms with E-state index in [4.69, 9.17) is 5.11 Å². The van der Waals surface area contributed by atoms with Crippen LogP contribution in [-0.4, -0.2) is 35.0 Å². The highest BCUT2D eigenvalue weighted by Crippen LogP contribution is 2.50. The summed E-state index contributed by atoms with van der Waals surface area (Å²) in [6.07, 6.45) is 1.52. The Hall–Kier alpha value is -1.36. The monoisotopic (exact) mass is 279 g/mol. The van der Waals surface area contributed by atoms with Crippen molar-refractivity contribution in [3.63, 3.8) is 0 Å². The second kappa shape index (κ2) is 4.63. The topological polar surface area (TPSA) is 57.6 Å².